The molecule has 0 heterocycles. The zero-order chi connectivity index (χ0) is 19.7. The van der Waals surface area contributed by atoms with Gasteiger partial charge >= 0.3 is 0 Å². The van der Waals surface area contributed by atoms with Crippen LogP contribution in [0.3, 0.4) is 0 Å². The third-order valence-electron chi connectivity index (χ3n) is 6.30. The Balaban J connectivity index is 1.83. The van der Waals surface area contributed by atoms with Gasteiger partial charge in [-0.05, 0) is 68.8 Å². The first-order valence-corrected chi connectivity index (χ1v) is 12.3. The van der Waals surface area contributed by atoms with E-state index in [4.69, 9.17) is 0 Å². The molecule has 1 unspecified atom stereocenters. The molecular formula is C26H28Br2. The fraction of sp³-hybridized carbons (Fsp3) is 0.385. The lowest BCUT2D eigenvalue weighted by Crippen LogP contribution is -2.00. The Labute approximate surface area is 185 Å². The van der Waals surface area contributed by atoms with Crippen LogP contribution in [0.2, 0.25) is 0 Å². The van der Waals surface area contributed by atoms with Gasteiger partial charge in [0.25, 0.3) is 0 Å². The van der Waals surface area contributed by atoms with E-state index in [0.717, 1.165) is 0 Å². The summed E-state index contributed by atoms with van der Waals surface area (Å²) < 4.78 is 2.41. The van der Waals surface area contributed by atoms with Crippen molar-refractivity contribution < 1.29 is 0 Å². The smallest absolute Gasteiger partial charge is 0.0257 e. The number of benzene rings is 4. The van der Waals surface area contributed by atoms with E-state index in [2.05, 4.69) is 88.2 Å². The highest BCUT2D eigenvalue weighted by Crippen LogP contribution is 2.44. The molecule has 0 aromatic heterocycles. The second-order valence-corrected chi connectivity index (χ2v) is 9.76. The number of rotatable bonds is 8. The Morgan fingerprint density at radius 3 is 2.18 bits per heavy atom. The minimum absolute atomic E-state index is 0.630. The molecule has 4 rings (SSSR count). The molecule has 0 fully saturated rings. The van der Waals surface area contributed by atoms with Crippen LogP contribution in [0.25, 0.3) is 32.3 Å². The number of hydrogen-bond acceptors (Lipinski definition) is 0. The van der Waals surface area contributed by atoms with E-state index in [0.29, 0.717) is 5.92 Å². The molecule has 28 heavy (non-hydrogen) atoms. The molecule has 146 valence electrons. The van der Waals surface area contributed by atoms with Crippen LogP contribution >= 0.6 is 31.9 Å². The molecule has 0 radical (unpaired) electrons. The second kappa shape index (κ2) is 8.71. The Morgan fingerprint density at radius 2 is 1.39 bits per heavy atom. The second-order valence-electron chi connectivity index (χ2n) is 8.05. The average molecular weight is 500 g/mol. The van der Waals surface area contributed by atoms with Gasteiger partial charge in [0.15, 0.2) is 0 Å². The van der Waals surface area contributed by atoms with Crippen molar-refractivity contribution in [3.05, 3.63) is 57.0 Å². The van der Waals surface area contributed by atoms with Gasteiger partial charge in [0, 0.05) is 8.95 Å². The van der Waals surface area contributed by atoms with Gasteiger partial charge in [-0.15, -0.1) is 0 Å². The molecule has 0 nitrogen and oxygen atoms in total. The van der Waals surface area contributed by atoms with Crippen molar-refractivity contribution in [2.24, 2.45) is 0 Å². The van der Waals surface area contributed by atoms with Gasteiger partial charge in [-0.1, -0.05) is 108 Å². The Bertz CT molecular complexity index is 1100. The molecule has 0 aliphatic carbocycles. The zero-order valence-corrected chi connectivity index (χ0v) is 20.0. The number of halogens is 2. The normalized spacial score (nSPS) is 13.1. The van der Waals surface area contributed by atoms with Crippen LogP contribution in [0.15, 0.2) is 51.4 Å². The summed E-state index contributed by atoms with van der Waals surface area (Å²) in [5.41, 5.74) is 1.52. The highest BCUT2D eigenvalue weighted by Gasteiger charge is 2.19. The SMILES string of the molecule is CCCCCCCC(CC)c1cc(Br)c2ccc3ccc(Br)c4ccc1c2c34. The minimum atomic E-state index is 0.630. The molecule has 0 bridgehead atoms. The maximum absolute atomic E-state index is 3.90. The summed E-state index contributed by atoms with van der Waals surface area (Å²) in [6, 6.07) is 16.0. The Morgan fingerprint density at radius 1 is 0.714 bits per heavy atom. The fourth-order valence-electron chi connectivity index (χ4n) is 4.76. The van der Waals surface area contributed by atoms with Gasteiger partial charge < -0.3 is 0 Å². The summed E-state index contributed by atoms with van der Waals surface area (Å²) in [6.45, 7) is 4.63. The largest absolute Gasteiger partial charge is 0.0654 e. The maximum atomic E-state index is 3.90. The topological polar surface area (TPSA) is 0 Å². The predicted molar refractivity (Wildman–Crippen MR) is 132 cm³/mol. The fourth-order valence-corrected chi connectivity index (χ4v) is 5.80. The van der Waals surface area contributed by atoms with Crippen LogP contribution in [0.1, 0.15) is 70.3 Å². The molecule has 4 aromatic rings. The molecule has 0 N–H and O–H groups in total. The lowest BCUT2D eigenvalue weighted by molar-refractivity contribution is 0.537. The lowest BCUT2D eigenvalue weighted by Gasteiger charge is -2.21. The summed E-state index contributed by atoms with van der Waals surface area (Å²) in [6.07, 6.45) is 9.26. The quantitative estimate of drug-likeness (QED) is 0.167. The summed E-state index contributed by atoms with van der Waals surface area (Å²) in [5.74, 6) is 0.630. The molecule has 0 aliphatic rings. The monoisotopic (exact) mass is 498 g/mol. The van der Waals surface area contributed by atoms with Crippen LogP contribution in [-0.2, 0) is 0 Å². The molecule has 0 aliphatic heterocycles. The van der Waals surface area contributed by atoms with Gasteiger partial charge in [-0.2, -0.15) is 0 Å². The van der Waals surface area contributed by atoms with Gasteiger partial charge in [-0.25, -0.2) is 0 Å². The van der Waals surface area contributed by atoms with E-state index in [1.54, 1.807) is 0 Å². The lowest BCUT2D eigenvalue weighted by atomic mass is 9.84. The molecule has 2 heteroatoms. The number of unbranched alkanes of at least 4 members (excludes halogenated alkanes) is 4. The van der Waals surface area contributed by atoms with Crippen LogP contribution in [0.5, 0.6) is 0 Å². The van der Waals surface area contributed by atoms with E-state index in [-0.39, 0.29) is 0 Å². The van der Waals surface area contributed by atoms with Crippen molar-refractivity contribution in [1.29, 1.82) is 0 Å². The van der Waals surface area contributed by atoms with Crippen LogP contribution in [0.4, 0.5) is 0 Å². The van der Waals surface area contributed by atoms with Gasteiger partial charge in [-0.3, -0.25) is 0 Å². The number of hydrogen-bond donors (Lipinski definition) is 0. The molecule has 0 saturated carbocycles. The molecule has 0 saturated heterocycles. The average Bonchev–Trinajstić information content (AvgIpc) is 2.71. The first-order chi connectivity index (χ1) is 13.7. The van der Waals surface area contributed by atoms with Crippen LogP contribution in [0, 0.1) is 0 Å². The zero-order valence-electron chi connectivity index (χ0n) is 16.8. The van der Waals surface area contributed by atoms with Crippen LogP contribution in [-0.4, -0.2) is 0 Å². The standard InChI is InChI=1S/C26H28Br2/c1-3-5-6-7-8-9-17(4-2)22-16-24(28)21-12-10-18-11-15-23(27)20-14-13-19(22)26(21)25(18)20/h10-17H,3-9H2,1-2H3. The summed E-state index contributed by atoms with van der Waals surface area (Å²) in [7, 11) is 0. The highest BCUT2D eigenvalue weighted by molar-refractivity contribution is 9.11. The maximum Gasteiger partial charge on any atom is 0.0257 e. The van der Waals surface area contributed by atoms with Crippen molar-refractivity contribution in [2.75, 3.05) is 0 Å². The van der Waals surface area contributed by atoms with Crippen molar-refractivity contribution in [1.82, 2.24) is 0 Å². The van der Waals surface area contributed by atoms with Crippen molar-refractivity contribution in [3.8, 4) is 0 Å². The van der Waals surface area contributed by atoms with E-state index in [9.17, 15) is 0 Å². The minimum Gasteiger partial charge on any atom is -0.0654 e. The van der Waals surface area contributed by atoms with Crippen LogP contribution < -0.4 is 0 Å². The first kappa shape index (κ1) is 20.2. The Hall–Kier alpha value is -1.12. The third kappa shape index (κ3) is 3.59. The summed E-state index contributed by atoms with van der Waals surface area (Å²) in [4.78, 5) is 0. The predicted octanol–water partition coefficient (Wildman–Crippen LogP) is 9.96. The molecule has 0 amide bonds. The van der Waals surface area contributed by atoms with E-state index < -0.39 is 0 Å². The van der Waals surface area contributed by atoms with Crippen molar-refractivity contribution >= 4 is 64.2 Å². The van der Waals surface area contributed by atoms with E-state index >= 15 is 0 Å². The molecule has 0 spiro atoms. The Kier molecular flexibility index (Phi) is 6.27. The van der Waals surface area contributed by atoms with Crippen molar-refractivity contribution in [2.45, 2.75) is 64.7 Å². The summed E-state index contributed by atoms with van der Waals surface area (Å²) in [5, 5.41) is 8.22. The van der Waals surface area contributed by atoms with Gasteiger partial charge in [0.2, 0.25) is 0 Å². The van der Waals surface area contributed by atoms with E-state index in [1.807, 2.05) is 0 Å². The van der Waals surface area contributed by atoms with Gasteiger partial charge in [0.05, 0.1) is 0 Å². The summed E-state index contributed by atoms with van der Waals surface area (Å²) >= 11 is 7.66. The van der Waals surface area contributed by atoms with E-state index in [1.165, 1.54) is 91.8 Å². The van der Waals surface area contributed by atoms with Crippen molar-refractivity contribution in [3.63, 3.8) is 0 Å². The molecular weight excluding hydrogens is 472 g/mol. The molecule has 1 atom stereocenters. The third-order valence-corrected chi connectivity index (χ3v) is 7.65. The van der Waals surface area contributed by atoms with Gasteiger partial charge in [0.1, 0.15) is 0 Å². The first-order valence-electron chi connectivity index (χ1n) is 10.7. The highest BCUT2D eigenvalue weighted by atomic mass is 79.9. The molecule has 4 aromatic carbocycles.